The Balaban J connectivity index is 2.63. The van der Waals surface area contributed by atoms with Crippen molar-refractivity contribution in [3.63, 3.8) is 0 Å². The summed E-state index contributed by atoms with van der Waals surface area (Å²) in [5.74, 6) is 2.10. The molecule has 0 aliphatic heterocycles. The van der Waals surface area contributed by atoms with Crippen LogP contribution < -0.4 is 29.4 Å². The van der Waals surface area contributed by atoms with Crippen LogP contribution in [0.4, 0.5) is 0 Å². The first-order valence-electron chi connectivity index (χ1n) is 8.59. The molecule has 1 aromatic carbocycles. The van der Waals surface area contributed by atoms with Crippen LogP contribution >= 0.6 is 23.6 Å². The molecule has 7 nitrogen and oxygen atoms in total. The fraction of sp³-hybridized carbons (Fsp3) is 0.238. The number of methoxy groups -OCH3 is 5. The minimum Gasteiger partial charge on any atom is -0.492 e. The quantitative estimate of drug-likeness (QED) is 0.265. The van der Waals surface area contributed by atoms with E-state index in [1.807, 2.05) is 24.3 Å². The predicted molar refractivity (Wildman–Crippen MR) is 122 cm³/mol. The maximum absolute atomic E-state index is 9.02. The molecule has 0 bridgehead atoms. The lowest BCUT2D eigenvalue weighted by atomic mass is 10.1. The van der Waals surface area contributed by atoms with E-state index in [0.29, 0.717) is 34.3 Å². The van der Waals surface area contributed by atoms with E-state index in [1.165, 1.54) is 32.7 Å². The number of ether oxygens (including phenoxy) is 5. The number of nitrogens with zero attached hydrogens (tertiary/aromatic N) is 1. The molecule has 0 radical (unpaired) electrons. The fourth-order valence-corrected chi connectivity index (χ4v) is 3.87. The molecule has 0 fully saturated rings. The van der Waals surface area contributed by atoms with Gasteiger partial charge < -0.3 is 29.4 Å². The average Bonchev–Trinajstić information content (AvgIpc) is 3.22. The van der Waals surface area contributed by atoms with Crippen LogP contribution in [0.15, 0.2) is 29.9 Å². The molecule has 2 rings (SSSR count). The van der Waals surface area contributed by atoms with Crippen molar-refractivity contribution in [3.05, 3.63) is 34.7 Å². The molecule has 30 heavy (non-hydrogen) atoms. The van der Waals surface area contributed by atoms with E-state index in [4.69, 9.17) is 46.9 Å². The van der Waals surface area contributed by atoms with Crippen molar-refractivity contribution < 1.29 is 23.7 Å². The second-order valence-electron chi connectivity index (χ2n) is 5.66. The molecule has 0 atom stereocenters. The number of nitrogens with two attached hydrogens (primary N) is 1. The predicted octanol–water partition coefficient (Wildman–Crippen LogP) is 4.21. The van der Waals surface area contributed by atoms with Gasteiger partial charge in [0.1, 0.15) is 11.1 Å². The third kappa shape index (κ3) is 4.50. The van der Waals surface area contributed by atoms with Gasteiger partial charge in [0, 0.05) is 9.75 Å². The third-order valence-electron chi connectivity index (χ3n) is 4.08. The number of benzene rings is 1. The van der Waals surface area contributed by atoms with Crippen molar-refractivity contribution in [2.75, 3.05) is 35.5 Å². The van der Waals surface area contributed by atoms with Crippen LogP contribution in [0.1, 0.15) is 4.88 Å². The monoisotopic (exact) mass is 446 g/mol. The minimum atomic E-state index is 0.0564. The zero-order chi connectivity index (χ0) is 22.3. The molecule has 1 heterocycles. The molecule has 0 spiro atoms. The van der Waals surface area contributed by atoms with E-state index in [2.05, 4.69) is 0 Å². The fourth-order valence-electron chi connectivity index (χ4n) is 2.80. The van der Waals surface area contributed by atoms with Crippen molar-refractivity contribution in [1.82, 2.24) is 0 Å². The molecule has 158 valence electrons. The van der Waals surface area contributed by atoms with Gasteiger partial charge in [0.05, 0.1) is 46.7 Å². The van der Waals surface area contributed by atoms with Gasteiger partial charge in [-0.1, -0.05) is 18.3 Å². The summed E-state index contributed by atoms with van der Waals surface area (Å²) in [6, 6.07) is 5.82. The highest BCUT2D eigenvalue weighted by molar-refractivity contribution is 7.80. The molecular weight excluding hydrogens is 424 g/mol. The Morgan fingerprint density at radius 3 is 1.87 bits per heavy atom. The van der Waals surface area contributed by atoms with Gasteiger partial charge in [0.2, 0.25) is 17.2 Å². The second kappa shape index (κ2) is 10.5. The van der Waals surface area contributed by atoms with E-state index in [0.717, 1.165) is 9.75 Å². The maximum atomic E-state index is 9.02. The number of thiocarbonyl (C=S) groups is 1. The van der Waals surface area contributed by atoms with Crippen LogP contribution in [0.2, 0.25) is 0 Å². The number of hydrogen-bond acceptors (Lipinski definition) is 8. The van der Waals surface area contributed by atoms with Gasteiger partial charge in [-0.25, -0.2) is 0 Å². The van der Waals surface area contributed by atoms with Gasteiger partial charge in [-0.15, -0.1) is 11.3 Å². The summed E-state index contributed by atoms with van der Waals surface area (Å²) in [7, 11) is 7.67. The second-order valence-corrected chi connectivity index (χ2v) is 7.21. The number of rotatable bonds is 9. The van der Waals surface area contributed by atoms with Crippen molar-refractivity contribution in [1.29, 1.82) is 5.26 Å². The molecule has 0 amide bonds. The number of thiophene rings is 1. The van der Waals surface area contributed by atoms with Crippen molar-refractivity contribution >= 4 is 34.6 Å². The summed E-state index contributed by atoms with van der Waals surface area (Å²) < 4.78 is 27.8. The summed E-state index contributed by atoms with van der Waals surface area (Å²) in [6.45, 7) is 0. The van der Waals surface area contributed by atoms with Crippen LogP contribution in [0.3, 0.4) is 0 Å². The molecule has 0 aliphatic carbocycles. The molecule has 2 aromatic rings. The standard InChI is InChI=1S/C21H22N2O5S2/c1-24-16-15(17(25-2)19(27-4)20(28-5)18(16)26-3)14-10-9-13(30-14)8-6-7-12(11-22)21(23)29/h6-10H,1-5H3,(H2,23,29)/b8-6+,12-7-. The Labute approximate surface area is 184 Å². The third-order valence-corrected chi connectivity index (χ3v) is 5.37. The van der Waals surface area contributed by atoms with Crippen LogP contribution in [0.25, 0.3) is 16.5 Å². The molecule has 2 N–H and O–H groups in total. The van der Waals surface area contributed by atoms with Gasteiger partial charge in [-0.05, 0) is 24.3 Å². The highest BCUT2D eigenvalue weighted by atomic mass is 32.1. The first-order valence-corrected chi connectivity index (χ1v) is 9.82. The minimum absolute atomic E-state index is 0.0564. The zero-order valence-electron chi connectivity index (χ0n) is 17.3. The van der Waals surface area contributed by atoms with Gasteiger partial charge in [0.25, 0.3) is 0 Å². The van der Waals surface area contributed by atoms with E-state index in [-0.39, 0.29) is 10.6 Å². The zero-order valence-corrected chi connectivity index (χ0v) is 18.9. The first-order chi connectivity index (χ1) is 14.5. The van der Waals surface area contributed by atoms with Crippen molar-refractivity contribution in [2.24, 2.45) is 5.73 Å². The van der Waals surface area contributed by atoms with Crippen molar-refractivity contribution in [3.8, 4) is 45.3 Å². The lowest BCUT2D eigenvalue weighted by Crippen LogP contribution is -2.09. The smallest absolute Gasteiger partial charge is 0.211 e. The highest BCUT2D eigenvalue weighted by Crippen LogP contribution is 2.57. The molecule has 0 aliphatic rings. The van der Waals surface area contributed by atoms with Gasteiger partial charge in [0.15, 0.2) is 11.5 Å². The molecular formula is C21H22N2O5S2. The Hall–Kier alpha value is -3.22. The normalized spacial score (nSPS) is 11.1. The summed E-state index contributed by atoms with van der Waals surface area (Å²) in [5, 5.41) is 9.02. The Morgan fingerprint density at radius 1 is 0.933 bits per heavy atom. The Bertz CT molecular complexity index is 1000. The van der Waals surface area contributed by atoms with Crippen LogP contribution in [0, 0.1) is 11.3 Å². The van der Waals surface area contributed by atoms with Gasteiger partial charge in [-0.3, -0.25) is 0 Å². The molecule has 0 unspecified atom stereocenters. The summed E-state index contributed by atoms with van der Waals surface area (Å²) in [5.41, 5.74) is 6.41. The molecule has 0 saturated carbocycles. The van der Waals surface area contributed by atoms with Crippen LogP contribution in [-0.2, 0) is 0 Å². The highest BCUT2D eigenvalue weighted by Gasteiger charge is 2.29. The molecule has 9 heteroatoms. The summed E-state index contributed by atoms with van der Waals surface area (Å²) in [6.07, 6.45) is 5.14. The molecule has 0 saturated heterocycles. The Kier molecular flexibility index (Phi) is 8.09. The molecule has 1 aromatic heterocycles. The van der Waals surface area contributed by atoms with E-state index in [1.54, 1.807) is 26.4 Å². The van der Waals surface area contributed by atoms with E-state index < -0.39 is 0 Å². The maximum Gasteiger partial charge on any atom is 0.211 e. The summed E-state index contributed by atoms with van der Waals surface area (Å²) >= 11 is 6.32. The van der Waals surface area contributed by atoms with Crippen LogP contribution in [-0.4, -0.2) is 40.5 Å². The largest absolute Gasteiger partial charge is 0.492 e. The Morgan fingerprint density at radius 2 is 1.43 bits per heavy atom. The lowest BCUT2D eigenvalue weighted by Gasteiger charge is -2.21. The lowest BCUT2D eigenvalue weighted by molar-refractivity contribution is 0.292. The average molecular weight is 447 g/mol. The first kappa shape index (κ1) is 23.1. The van der Waals surface area contributed by atoms with Gasteiger partial charge in [-0.2, -0.15) is 5.26 Å². The number of allylic oxidation sites excluding steroid dienone is 2. The van der Waals surface area contributed by atoms with E-state index >= 15 is 0 Å². The van der Waals surface area contributed by atoms with E-state index in [9.17, 15) is 0 Å². The summed E-state index contributed by atoms with van der Waals surface area (Å²) in [4.78, 5) is 1.85. The SMILES string of the molecule is COc1c(OC)c(OC)c(-c2ccc(/C=C/C=C(/C#N)C(N)=S)s2)c(OC)c1OC. The number of hydrogen-bond donors (Lipinski definition) is 1. The number of nitriles is 1. The topological polar surface area (TPSA) is 96.0 Å². The van der Waals surface area contributed by atoms with Gasteiger partial charge >= 0.3 is 0 Å². The van der Waals surface area contributed by atoms with Crippen LogP contribution in [0.5, 0.6) is 28.7 Å². The van der Waals surface area contributed by atoms with Crippen molar-refractivity contribution in [2.45, 2.75) is 0 Å².